The Morgan fingerprint density at radius 3 is 2.65 bits per heavy atom. The van der Waals surface area contributed by atoms with Gasteiger partial charge >= 0.3 is 0 Å². The zero-order chi connectivity index (χ0) is 14.8. The monoisotopic (exact) mass is 301 g/mol. The molecule has 118 valence electrons. The smallest absolute Gasteiger partial charge is 0.0691 e. The molecule has 2 rings (SSSR count). The first kappa shape index (κ1) is 16.4. The lowest BCUT2D eigenvalue weighted by Crippen LogP contribution is -2.55. The summed E-state index contributed by atoms with van der Waals surface area (Å²) >= 11 is 0. The summed E-state index contributed by atoms with van der Waals surface area (Å²) in [5.74, 6) is 0. The van der Waals surface area contributed by atoms with Crippen LogP contribution in [0.4, 0.5) is 0 Å². The second-order valence-corrected chi connectivity index (χ2v) is 8.95. The summed E-state index contributed by atoms with van der Waals surface area (Å²) in [6, 6.07) is 0.379. The van der Waals surface area contributed by atoms with Crippen LogP contribution in [0.15, 0.2) is 0 Å². The lowest BCUT2D eigenvalue weighted by molar-refractivity contribution is 0.126. The third-order valence-corrected chi connectivity index (χ3v) is 7.36. The molecule has 20 heavy (non-hydrogen) atoms. The zero-order valence-electron chi connectivity index (χ0n) is 13.5. The van der Waals surface area contributed by atoms with E-state index in [1.807, 2.05) is 0 Å². The predicted molar refractivity (Wildman–Crippen MR) is 85.5 cm³/mol. The van der Waals surface area contributed by atoms with E-state index in [0.29, 0.717) is 11.3 Å². The van der Waals surface area contributed by atoms with E-state index in [1.54, 1.807) is 0 Å². The fourth-order valence-electron chi connectivity index (χ4n) is 3.78. The molecule has 0 amide bonds. The van der Waals surface area contributed by atoms with Crippen molar-refractivity contribution in [3.63, 3.8) is 0 Å². The Morgan fingerprint density at radius 2 is 2.05 bits per heavy atom. The molecule has 5 atom stereocenters. The van der Waals surface area contributed by atoms with Crippen molar-refractivity contribution in [3.05, 3.63) is 0 Å². The lowest BCUT2D eigenvalue weighted by Gasteiger charge is -2.45. The van der Waals surface area contributed by atoms with Crippen LogP contribution in [-0.2, 0) is 15.5 Å². The van der Waals surface area contributed by atoms with Gasteiger partial charge in [-0.3, -0.25) is 4.21 Å². The van der Waals surface area contributed by atoms with Crippen LogP contribution in [0.2, 0.25) is 0 Å². The van der Waals surface area contributed by atoms with Crippen molar-refractivity contribution < 1.29 is 8.95 Å². The number of ether oxygens (including phenoxy) is 1. The highest BCUT2D eigenvalue weighted by atomic mass is 32.2. The van der Waals surface area contributed by atoms with E-state index in [2.05, 4.69) is 33.0 Å². The molecule has 1 aliphatic carbocycles. The standard InChI is InChI=1S/C16H31NO2S/c1-5-10-17-15-14(7-6-9-16(15,3)4)20(18)13-8-11-19-12(13)2/h12-15,17H,5-11H2,1-4H3. The third-order valence-electron chi connectivity index (χ3n) is 5.04. The average molecular weight is 301 g/mol. The minimum atomic E-state index is -0.780. The van der Waals surface area contributed by atoms with Gasteiger partial charge in [-0.05, 0) is 44.6 Å². The summed E-state index contributed by atoms with van der Waals surface area (Å²) < 4.78 is 18.7. The van der Waals surface area contributed by atoms with Crippen LogP contribution in [0.25, 0.3) is 0 Å². The highest BCUT2D eigenvalue weighted by molar-refractivity contribution is 7.86. The molecule has 0 radical (unpaired) electrons. The summed E-state index contributed by atoms with van der Waals surface area (Å²) in [6.45, 7) is 10.7. The van der Waals surface area contributed by atoms with Gasteiger partial charge in [-0.15, -0.1) is 0 Å². The molecule has 0 aromatic heterocycles. The van der Waals surface area contributed by atoms with Gasteiger partial charge in [-0.2, -0.15) is 0 Å². The molecule has 0 spiro atoms. The number of hydrogen-bond donors (Lipinski definition) is 1. The Labute approximate surface area is 126 Å². The second kappa shape index (κ2) is 6.89. The first-order valence-corrected chi connectivity index (χ1v) is 9.49. The molecular formula is C16H31NO2S. The van der Waals surface area contributed by atoms with Crippen molar-refractivity contribution in [1.82, 2.24) is 5.32 Å². The highest BCUT2D eigenvalue weighted by Gasteiger charge is 2.44. The zero-order valence-corrected chi connectivity index (χ0v) is 14.3. The first-order chi connectivity index (χ1) is 9.47. The van der Waals surface area contributed by atoms with Gasteiger partial charge in [0.15, 0.2) is 0 Å². The average Bonchev–Trinajstić information content (AvgIpc) is 2.82. The molecule has 0 bridgehead atoms. The van der Waals surface area contributed by atoms with Crippen LogP contribution in [0, 0.1) is 5.41 Å². The number of rotatable bonds is 5. The lowest BCUT2D eigenvalue weighted by atomic mass is 9.73. The SMILES string of the molecule is CCCNC1C(S(=O)C2CCOC2C)CCCC1(C)C. The van der Waals surface area contributed by atoms with Gasteiger partial charge < -0.3 is 10.1 Å². The quantitative estimate of drug-likeness (QED) is 0.848. The molecule has 1 N–H and O–H groups in total. The van der Waals surface area contributed by atoms with E-state index in [0.717, 1.165) is 32.4 Å². The molecular weight excluding hydrogens is 270 g/mol. The number of hydrogen-bond acceptors (Lipinski definition) is 3. The minimum absolute atomic E-state index is 0.160. The third kappa shape index (κ3) is 3.45. The Morgan fingerprint density at radius 1 is 1.30 bits per heavy atom. The van der Waals surface area contributed by atoms with E-state index < -0.39 is 10.8 Å². The molecule has 1 heterocycles. The Hall–Kier alpha value is 0.0700. The molecule has 1 aliphatic heterocycles. The molecule has 2 aliphatic rings. The summed E-state index contributed by atoms with van der Waals surface area (Å²) in [4.78, 5) is 0. The van der Waals surface area contributed by atoms with Crippen LogP contribution in [0.5, 0.6) is 0 Å². The summed E-state index contributed by atoms with van der Waals surface area (Å²) in [7, 11) is -0.780. The molecule has 1 saturated heterocycles. The molecule has 2 fully saturated rings. The van der Waals surface area contributed by atoms with Gasteiger partial charge in [0.05, 0.1) is 16.6 Å². The largest absolute Gasteiger partial charge is 0.377 e. The van der Waals surface area contributed by atoms with E-state index >= 15 is 0 Å². The summed E-state index contributed by atoms with van der Waals surface area (Å²) in [6.07, 6.45) is 5.79. The normalized spacial score (nSPS) is 38.8. The Bertz CT molecular complexity index is 345. The Balaban J connectivity index is 2.11. The topological polar surface area (TPSA) is 38.3 Å². The maximum absolute atomic E-state index is 13.1. The van der Waals surface area contributed by atoms with Gasteiger partial charge in [0.25, 0.3) is 0 Å². The van der Waals surface area contributed by atoms with Crippen molar-refractivity contribution in [2.24, 2.45) is 5.41 Å². The fourth-order valence-corrected chi connectivity index (χ4v) is 6.15. The van der Waals surface area contributed by atoms with Crippen molar-refractivity contribution in [2.75, 3.05) is 13.2 Å². The van der Waals surface area contributed by atoms with Crippen molar-refractivity contribution >= 4 is 10.8 Å². The van der Waals surface area contributed by atoms with Gasteiger partial charge in [0, 0.05) is 23.4 Å². The van der Waals surface area contributed by atoms with Crippen LogP contribution >= 0.6 is 0 Å². The van der Waals surface area contributed by atoms with E-state index in [4.69, 9.17) is 4.74 Å². The van der Waals surface area contributed by atoms with Crippen molar-refractivity contribution in [3.8, 4) is 0 Å². The Kier molecular flexibility index (Phi) is 5.66. The van der Waals surface area contributed by atoms with Gasteiger partial charge in [0.1, 0.15) is 0 Å². The fraction of sp³-hybridized carbons (Fsp3) is 1.00. The second-order valence-electron chi connectivity index (χ2n) is 7.08. The van der Waals surface area contributed by atoms with E-state index in [-0.39, 0.29) is 16.8 Å². The maximum Gasteiger partial charge on any atom is 0.0691 e. The van der Waals surface area contributed by atoms with Crippen LogP contribution in [-0.4, -0.2) is 40.0 Å². The molecule has 0 aromatic carbocycles. The molecule has 3 nitrogen and oxygen atoms in total. The highest BCUT2D eigenvalue weighted by Crippen LogP contribution is 2.39. The van der Waals surface area contributed by atoms with E-state index in [1.165, 1.54) is 12.8 Å². The summed E-state index contributed by atoms with van der Waals surface area (Å²) in [5, 5.41) is 4.22. The van der Waals surface area contributed by atoms with Crippen LogP contribution < -0.4 is 5.32 Å². The molecule has 5 unspecified atom stereocenters. The minimum Gasteiger partial charge on any atom is -0.377 e. The van der Waals surface area contributed by atoms with Gasteiger partial charge in [-0.25, -0.2) is 0 Å². The van der Waals surface area contributed by atoms with E-state index in [9.17, 15) is 4.21 Å². The number of nitrogens with one attached hydrogen (secondary N) is 1. The molecule has 0 aromatic rings. The van der Waals surface area contributed by atoms with Crippen molar-refractivity contribution in [1.29, 1.82) is 0 Å². The van der Waals surface area contributed by atoms with Crippen LogP contribution in [0.1, 0.15) is 59.8 Å². The maximum atomic E-state index is 13.1. The van der Waals surface area contributed by atoms with Gasteiger partial charge in [0.2, 0.25) is 0 Å². The first-order valence-electron chi connectivity index (χ1n) is 8.21. The molecule has 4 heteroatoms. The predicted octanol–water partition coefficient (Wildman–Crippen LogP) is 2.86. The van der Waals surface area contributed by atoms with Gasteiger partial charge in [-0.1, -0.05) is 27.2 Å². The van der Waals surface area contributed by atoms with Crippen LogP contribution in [0.3, 0.4) is 0 Å². The van der Waals surface area contributed by atoms with Crippen molar-refractivity contribution in [2.45, 2.75) is 82.4 Å². The molecule has 1 saturated carbocycles. The summed E-state index contributed by atoms with van der Waals surface area (Å²) in [5.41, 5.74) is 0.246.